The Hall–Kier alpha value is -0.960. The van der Waals surface area contributed by atoms with E-state index in [4.69, 9.17) is 5.73 Å². The maximum absolute atomic E-state index is 12.9. The Labute approximate surface area is 70.2 Å². The Bertz CT molecular complexity index is 282. The summed E-state index contributed by atoms with van der Waals surface area (Å²) in [5.41, 5.74) is 6.80. The number of hydrogen-bond acceptors (Lipinski definition) is 1. The molecule has 12 heavy (non-hydrogen) atoms. The Kier molecular flexibility index (Phi) is 2.43. The third kappa shape index (κ3) is 1.32. The highest BCUT2D eigenvalue weighted by molar-refractivity contribution is 5.35. The van der Waals surface area contributed by atoms with Crippen LogP contribution in [-0.2, 0) is 6.54 Å². The second-order valence-corrected chi connectivity index (χ2v) is 2.77. The zero-order chi connectivity index (χ0) is 9.30. The Morgan fingerprint density at radius 2 is 1.58 bits per heavy atom. The molecule has 0 amide bonds. The van der Waals surface area contributed by atoms with Gasteiger partial charge in [-0.25, -0.2) is 8.78 Å². The number of halogens is 2. The first-order valence-corrected chi connectivity index (χ1v) is 3.72. The first-order chi connectivity index (χ1) is 5.57. The minimum Gasteiger partial charge on any atom is -0.326 e. The van der Waals surface area contributed by atoms with Crippen LogP contribution in [-0.4, -0.2) is 0 Å². The van der Waals surface area contributed by atoms with E-state index in [1.807, 2.05) is 0 Å². The SMILES string of the molecule is Cc1c(F)cc(F)c(C)c1CN. The van der Waals surface area contributed by atoms with Crippen LogP contribution < -0.4 is 5.73 Å². The molecule has 0 fully saturated rings. The quantitative estimate of drug-likeness (QED) is 0.687. The average molecular weight is 171 g/mol. The normalized spacial score (nSPS) is 10.4. The fraction of sp³-hybridized carbons (Fsp3) is 0.333. The molecule has 3 heteroatoms. The van der Waals surface area contributed by atoms with Crippen LogP contribution in [0.3, 0.4) is 0 Å². The smallest absolute Gasteiger partial charge is 0.129 e. The Balaban J connectivity index is 3.42. The first-order valence-electron chi connectivity index (χ1n) is 3.72. The molecule has 0 saturated carbocycles. The van der Waals surface area contributed by atoms with E-state index in [0.717, 1.165) is 6.07 Å². The lowest BCUT2D eigenvalue weighted by Crippen LogP contribution is -2.05. The van der Waals surface area contributed by atoms with Crippen molar-refractivity contribution in [1.82, 2.24) is 0 Å². The molecule has 0 unspecified atom stereocenters. The molecule has 0 bridgehead atoms. The van der Waals surface area contributed by atoms with Gasteiger partial charge in [0.05, 0.1) is 0 Å². The maximum atomic E-state index is 12.9. The molecule has 1 aromatic carbocycles. The number of hydrogen-bond donors (Lipinski definition) is 1. The summed E-state index contributed by atoms with van der Waals surface area (Å²) in [6, 6.07) is 0.893. The van der Waals surface area contributed by atoms with E-state index in [9.17, 15) is 8.78 Å². The van der Waals surface area contributed by atoms with Crippen molar-refractivity contribution in [3.63, 3.8) is 0 Å². The molecular formula is C9H11F2N. The van der Waals surface area contributed by atoms with Gasteiger partial charge in [-0.05, 0) is 30.5 Å². The van der Waals surface area contributed by atoms with Crippen LogP contribution in [0.25, 0.3) is 0 Å². The van der Waals surface area contributed by atoms with Gasteiger partial charge in [0.15, 0.2) is 0 Å². The summed E-state index contributed by atoms with van der Waals surface area (Å²) in [6.07, 6.45) is 0. The summed E-state index contributed by atoms with van der Waals surface area (Å²) >= 11 is 0. The molecule has 0 aliphatic carbocycles. The number of rotatable bonds is 1. The molecule has 1 aromatic rings. The summed E-state index contributed by atoms with van der Waals surface area (Å²) in [4.78, 5) is 0. The van der Waals surface area contributed by atoms with Crippen molar-refractivity contribution in [2.45, 2.75) is 20.4 Å². The zero-order valence-corrected chi connectivity index (χ0v) is 7.12. The zero-order valence-electron chi connectivity index (χ0n) is 7.12. The maximum Gasteiger partial charge on any atom is 0.129 e. The van der Waals surface area contributed by atoms with Crippen molar-refractivity contribution in [2.24, 2.45) is 5.73 Å². The molecule has 0 aliphatic rings. The highest BCUT2D eigenvalue weighted by Gasteiger charge is 2.10. The molecule has 0 radical (unpaired) electrons. The molecule has 2 N–H and O–H groups in total. The summed E-state index contributed by atoms with van der Waals surface area (Å²) in [6.45, 7) is 3.38. The minimum absolute atomic E-state index is 0.173. The van der Waals surface area contributed by atoms with Crippen LogP contribution in [0.15, 0.2) is 6.07 Å². The van der Waals surface area contributed by atoms with Gasteiger partial charge in [-0.1, -0.05) is 0 Å². The van der Waals surface area contributed by atoms with E-state index in [2.05, 4.69) is 0 Å². The fourth-order valence-corrected chi connectivity index (χ4v) is 1.20. The third-order valence-electron chi connectivity index (χ3n) is 2.08. The second-order valence-electron chi connectivity index (χ2n) is 2.77. The molecule has 0 saturated heterocycles. The van der Waals surface area contributed by atoms with Gasteiger partial charge < -0.3 is 5.73 Å². The molecule has 0 atom stereocenters. The summed E-state index contributed by atoms with van der Waals surface area (Å²) < 4.78 is 25.8. The molecule has 66 valence electrons. The van der Waals surface area contributed by atoms with Crippen LogP contribution in [0, 0.1) is 25.5 Å². The molecular weight excluding hydrogens is 160 g/mol. The predicted molar refractivity (Wildman–Crippen MR) is 43.7 cm³/mol. The van der Waals surface area contributed by atoms with Gasteiger partial charge >= 0.3 is 0 Å². The van der Waals surface area contributed by atoms with Crippen molar-refractivity contribution in [3.05, 3.63) is 34.4 Å². The summed E-state index contributed by atoms with van der Waals surface area (Å²) in [5, 5.41) is 0. The highest BCUT2D eigenvalue weighted by atomic mass is 19.1. The van der Waals surface area contributed by atoms with E-state index in [0.29, 0.717) is 16.7 Å². The lowest BCUT2D eigenvalue weighted by Gasteiger charge is -2.08. The van der Waals surface area contributed by atoms with Crippen LogP contribution >= 0.6 is 0 Å². The minimum atomic E-state index is -0.529. The van der Waals surface area contributed by atoms with Gasteiger partial charge in [-0.3, -0.25) is 0 Å². The largest absolute Gasteiger partial charge is 0.326 e. The lowest BCUT2D eigenvalue weighted by molar-refractivity contribution is 0.567. The van der Waals surface area contributed by atoms with Crippen LogP contribution in [0.5, 0.6) is 0 Å². The fourth-order valence-electron chi connectivity index (χ4n) is 1.20. The Morgan fingerprint density at radius 3 is 1.92 bits per heavy atom. The van der Waals surface area contributed by atoms with Crippen molar-refractivity contribution in [2.75, 3.05) is 0 Å². The van der Waals surface area contributed by atoms with Crippen LogP contribution in [0.2, 0.25) is 0 Å². The van der Waals surface area contributed by atoms with Gasteiger partial charge in [0.1, 0.15) is 11.6 Å². The summed E-state index contributed by atoms with van der Waals surface area (Å²) in [5.74, 6) is -1.06. The molecule has 1 nitrogen and oxygen atoms in total. The molecule has 0 aromatic heterocycles. The van der Waals surface area contributed by atoms with Crippen molar-refractivity contribution < 1.29 is 8.78 Å². The van der Waals surface area contributed by atoms with Gasteiger partial charge in [0.25, 0.3) is 0 Å². The number of benzene rings is 1. The van der Waals surface area contributed by atoms with E-state index >= 15 is 0 Å². The van der Waals surface area contributed by atoms with E-state index in [-0.39, 0.29) is 6.54 Å². The predicted octanol–water partition coefficient (Wildman–Crippen LogP) is 2.04. The van der Waals surface area contributed by atoms with Crippen LogP contribution in [0.1, 0.15) is 16.7 Å². The monoisotopic (exact) mass is 171 g/mol. The third-order valence-corrected chi connectivity index (χ3v) is 2.08. The molecule has 0 spiro atoms. The van der Waals surface area contributed by atoms with Gasteiger partial charge in [-0.2, -0.15) is 0 Å². The Morgan fingerprint density at radius 1 is 1.17 bits per heavy atom. The molecule has 0 aliphatic heterocycles. The van der Waals surface area contributed by atoms with E-state index < -0.39 is 11.6 Å². The second kappa shape index (κ2) is 3.19. The van der Waals surface area contributed by atoms with Crippen molar-refractivity contribution >= 4 is 0 Å². The molecule has 0 heterocycles. The average Bonchev–Trinajstić information content (AvgIpc) is 2.02. The van der Waals surface area contributed by atoms with E-state index in [1.54, 1.807) is 13.8 Å². The standard InChI is InChI=1S/C9H11F2N/c1-5-7(4-12)6(2)9(11)3-8(5)10/h3H,4,12H2,1-2H3. The molecule has 1 rings (SSSR count). The first kappa shape index (κ1) is 9.13. The van der Waals surface area contributed by atoms with Gasteiger partial charge in [-0.15, -0.1) is 0 Å². The van der Waals surface area contributed by atoms with E-state index in [1.165, 1.54) is 0 Å². The van der Waals surface area contributed by atoms with Gasteiger partial charge in [0, 0.05) is 12.6 Å². The van der Waals surface area contributed by atoms with Crippen molar-refractivity contribution in [3.8, 4) is 0 Å². The topological polar surface area (TPSA) is 26.0 Å². The lowest BCUT2D eigenvalue weighted by atomic mass is 10.0. The van der Waals surface area contributed by atoms with Crippen molar-refractivity contribution in [1.29, 1.82) is 0 Å². The van der Waals surface area contributed by atoms with Crippen LogP contribution in [0.4, 0.5) is 8.78 Å². The highest BCUT2D eigenvalue weighted by Crippen LogP contribution is 2.19. The number of nitrogens with two attached hydrogens (primary N) is 1. The summed E-state index contributed by atoms with van der Waals surface area (Å²) in [7, 11) is 0. The van der Waals surface area contributed by atoms with Gasteiger partial charge in [0.2, 0.25) is 0 Å².